The monoisotopic (exact) mass is 811 g/mol. The van der Waals surface area contributed by atoms with E-state index in [1.165, 1.54) is 0 Å². The first kappa shape index (κ1) is 38.5. The molecule has 312 valence electrons. The molecule has 13 fully saturated rings. The molecule has 1 saturated heterocycles. The third-order valence-electron chi connectivity index (χ3n) is 16.5. The lowest BCUT2D eigenvalue weighted by atomic mass is 9.47. The van der Waals surface area contributed by atoms with Gasteiger partial charge in [-0.15, -0.1) is 0 Å². The van der Waals surface area contributed by atoms with Crippen LogP contribution in [0.2, 0.25) is 0 Å². The van der Waals surface area contributed by atoms with Crippen molar-refractivity contribution in [2.75, 3.05) is 33.0 Å². The molecular weight excluding hydrogens is 758 g/mol. The Morgan fingerprint density at radius 3 is 1.54 bits per heavy atom. The highest BCUT2D eigenvalue weighted by atomic mass is 32.2. The molecule has 0 radical (unpaired) electrons. The maximum Gasteiger partial charge on any atom is 0.354 e. The summed E-state index contributed by atoms with van der Waals surface area (Å²) < 4.78 is 63.3. The summed E-state index contributed by atoms with van der Waals surface area (Å²) in [5.74, 6) is -1.55. The highest BCUT2D eigenvalue weighted by Gasteiger charge is 2.69. The van der Waals surface area contributed by atoms with E-state index in [9.17, 15) is 38.6 Å². The molecular formula is C40H53F2O13S-. The molecule has 2 N–H and O–H groups in total. The smallest absolute Gasteiger partial charge is 0.354 e. The van der Waals surface area contributed by atoms with E-state index in [1.807, 2.05) is 0 Å². The number of halogens is 2. The lowest BCUT2D eigenvalue weighted by Gasteiger charge is -2.65. The van der Waals surface area contributed by atoms with Gasteiger partial charge in [-0.1, -0.05) is 0 Å². The Morgan fingerprint density at radius 2 is 1.09 bits per heavy atom. The van der Waals surface area contributed by atoms with E-state index in [0.717, 1.165) is 51.4 Å². The van der Waals surface area contributed by atoms with Crippen LogP contribution < -0.4 is 5.26 Å². The SMILES string of the molecule is O=C(OCC(F)(F)SOO[O-])C12CC3CC(C1)C1(OCC(COC(=O)C45CC6CC(CC(O)(C6)C4)C5)(COC(=O)C45CC6CC(CC(O)(C6)C4)C5)CO1)C(C3)C2. The Kier molecular flexibility index (Phi) is 8.89. The van der Waals surface area contributed by atoms with Crippen molar-refractivity contribution in [3.63, 3.8) is 0 Å². The Labute approximate surface area is 328 Å². The predicted molar refractivity (Wildman–Crippen MR) is 185 cm³/mol. The summed E-state index contributed by atoms with van der Waals surface area (Å²) in [4.78, 5) is 41.7. The van der Waals surface area contributed by atoms with E-state index in [2.05, 4.69) is 9.37 Å². The molecule has 0 aromatic heterocycles. The molecule has 12 saturated carbocycles. The van der Waals surface area contributed by atoms with Gasteiger partial charge in [-0.2, -0.15) is 13.1 Å². The predicted octanol–water partition coefficient (Wildman–Crippen LogP) is 4.30. The van der Waals surface area contributed by atoms with Gasteiger partial charge in [-0.25, -0.2) is 0 Å². The normalized spacial score (nSPS) is 50.4. The Hall–Kier alpha value is -1.66. The highest BCUT2D eigenvalue weighted by molar-refractivity contribution is 7.95. The highest BCUT2D eigenvalue weighted by Crippen LogP contribution is 2.67. The van der Waals surface area contributed by atoms with Crippen LogP contribution in [0.4, 0.5) is 8.78 Å². The molecule has 13 nitrogen and oxygen atoms in total. The van der Waals surface area contributed by atoms with Gasteiger partial charge in [-0.3, -0.25) is 19.4 Å². The Bertz CT molecular complexity index is 1520. The molecule has 16 heteroatoms. The average molecular weight is 812 g/mol. The maximum atomic E-state index is 14.2. The minimum Gasteiger partial charge on any atom is -0.691 e. The van der Waals surface area contributed by atoms with Crippen LogP contribution in [0.5, 0.6) is 0 Å². The van der Waals surface area contributed by atoms with E-state index >= 15 is 0 Å². The molecule has 1 aliphatic heterocycles. The summed E-state index contributed by atoms with van der Waals surface area (Å²) in [6.45, 7) is -1.34. The second-order valence-corrected chi connectivity index (χ2v) is 21.8. The van der Waals surface area contributed by atoms with Crippen molar-refractivity contribution in [2.24, 2.45) is 63.1 Å². The fourth-order valence-corrected chi connectivity index (χ4v) is 15.7. The molecule has 0 aromatic rings. The molecule has 0 amide bonds. The minimum atomic E-state index is -3.68. The number of alkyl halides is 2. The van der Waals surface area contributed by atoms with Crippen LogP contribution in [0.15, 0.2) is 0 Å². The molecule has 13 aliphatic rings. The zero-order chi connectivity index (χ0) is 39.0. The van der Waals surface area contributed by atoms with Gasteiger partial charge < -0.3 is 39.2 Å². The van der Waals surface area contributed by atoms with Crippen LogP contribution in [0.3, 0.4) is 0 Å². The second-order valence-electron chi connectivity index (χ2n) is 20.9. The van der Waals surface area contributed by atoms with Crippen molar-refractivity contribution in [3.05, 3.63) is 0 Å². The summed E-state index contributed by atoms with van der Waals surface area (Å²) >= 11 is -0.516. The summed E-state index contributed by atoms with van der Waals surface area (Å²) in [6.07, 6.45) is 11.2. The van der Waals surface area contributed by atoms with Crippen LogP contribution in [0, 0.1) is 63.1 Å². The van der Waals surface area contributed by atoms with Crippen molar-refractivity contribution in [1.29, 1.82) is 0 Å². The first-order chi connectivity index (χ1) is 26.5. The molecule has 13 rings (SSSR count). The number of carbonyl (C=O) groups is 3. The van der Waals surface area contributed by atoms with E-state index < -0.39 is 68.5 Å². The van der Waals surface area contributed by atoms with Crippen LogP contribution in [-0.4, -0.2) is 83.4 Å². The maximum absolute atomic E-state index is 14.2. The number of hydrogen-bond donors (Lipinski definition) is 2. The average Bonchev–Trinajstić information content (AvgIpc) is 3.11. The molecule has 12 bridgehead atoms. The number of carbonyl (C=O) groups excluding carboxylic acids is 3. The topological polar surface area (TPSA) is 179 Å². The number of hydrogen-bond acceptors (Lipinski definition) is 14. The molecule has 12 aliphatic carbocycles. The van der Waals surface area contributed by atoms with Gasteiger partial charge >= 0.3 is 23.2 Å². The van der Waals surface area contributed by atoms with Gasteiger partial charge in [0.25, 0.3) is 0 Å². The largest absolute Gasteiger partial charge is 0.691 e. The Balaban J connectivity index is 0.853. The molecule has 1 heterocycles. The molecule has 56 heavy (non-hydrogen) atoms. The molecule has 1 spiro atoms. The van der Waals surface area contributed by atoms with Crippen molar-refractivity contribution in [3.8, 4) is 0 Å². The van der Waals surface area contributed by atoms with Crippen LogP contribution >= 0.6 is 12.0 Å². The van der Waals surface area contributed by atoms with Gasteiger partial charge in [0.15, 0.2) is 12.4 Å². The summed E-state index contributed by atoms with van der Waals surface area (Å²) in [6, 6.07) is 0. The molecule has 6 atom stereocenters. The zero-order valence-electron chi connectivity index (χ0n) is 31.6. The lowest BCUT2D eigenvalue weighted by Crippen LogP contribution is -2.68. The standard InChI is InChI=1S/C40H54F2O13S/c41-39(42,56-55-54-48)22-51-30(43)34-5-23-3-28(14-34)40(29(4-23)15-34)52-20-33(21-53-40,18-49-31(44)35-6-24-1-25(7-35)11-37(46,10-24)16-35)19-50-32(45)36-8-26-2-27(9-36)13-38(47,12-26)17-36/h23-29,46-48H,1-22H2/p-1. The van der Waals surface area contributed by atoms with Crippen molar-refractivity contribution < 1.29 is 71.7 Å². The van der Waals surface area contributed by atoms with Crippen LogP contribution in [-0.2, 0) is 47.4 Å². The number of aliphatic hydroxyl groups is 2. The first-order valence-electron chi connectivity index (χ1n) is 20.8. The van der Waals surface area contributed by atoms with E-state index in [4.69, 9.17) is 23.7 Å². The van der Waals surface area contributed by atoms with Gasteiger partial charge in [0.2, 0.25) is 0 Å². The number of esters is 3. The van der Waals surface area contributed by atoms with Gasteiger partial charge in [0, 0.05) is 11.8 Å². The van der Waals surface area contributed by atoms with Gasteiger partial charge in [-0.05, 0) is 139 Å². The zero-order valence-corrected chi connectivity index (χ0v) is 32.5. The Morgan fingerprint density at radius 1 is 0.643 bits per heavy atom. The lowest BCUT2D eigenvalue weighted by molar-refractivity contribution is -0.777. The summed E-state index contributed by atoms with van der Waals surface area (Å²) in [7, 11) is 0. The van der Waals surface area contributed by atoms with Crippen LogP contribution in [0.1, 0.15) is 109 Å². The summed E-state index contributed by atoms with van der Waals surface area (Å²) in [5, 5.41) is 32.1. The van der Waals surface area contributed by atoms with Gasteiger partial charge in [0.1, 0.15) is 25.3 Å². The van der Waals surface area contributed by atoms with Gasteiger partial charge in [0.05, 0.1) is 46.1 Å². The number of ether oxygens (including phenoxy) is 5. The van der Waals surface area contributed by atoms with E-state index in [1.54, 1.807) is 0 Å². The first-order valence-corrected chi connectivity index (χ1v) is 21.5. The third kappa shape index (κ3) is 6.27. The van der Waals surface area contributed by atoms with Crippen LogP contribution in [0.25, 0.3) is 0 Å². The quantitative estimate of drug-likeness (QED) is 0.0937. The second kappa shape index (κ2) is 12.9. The fourth-order valence-electron chi connectivity index (χ4n) is 15.5. The molecule has 6 unspecified atom stereocenters. The number of rotatable bonds is 12. The van der Waals surface area contributed by atoms with Crippen molar-refractivity contribution >= 4 is 30.0 Å². The van der Waals surface area contributed by atoms with Crippen molar-refractivity contribution in [1.82, 2.24) is 0 Å². The van der Waals surface area contributed by atoms with E-state index in [0.29, 0.717) is 81.5 Å². The minimum absolute atomic E-state index is 0.0677. The van der Waals surface area contributed by atoms with E-state index in [-0.39, 0.29) is 56.1 Å². The van der Waals surface area contributed by atoms with Crippen molar-refractivity contribution in [2.45, 2.75) is 131 Å². The molecule has 0 aromatic carbocycles. The fraction of sp³-hybridized carbons (Fsp3) is 0.925. The third-order valence-corrected chi connectivity index (χ3v) is 17.0. The summed E-state index contributed by atoms with van der Waals surface area (Å²) in [5.41, 5.74) is -5.18.